The zero-order valence-corrected chi connectivity index (χ0v) is 13.4. The molecule has 0 bridgehead atoms. The normalized spacial score (nSPS) is 10.2. The van der Waals surface area contributed by atoms with Gasteiger partial charge in [0.25, 0.3) is 5.91 Å². The van der Waals surface area contributed by atoms with Gasteiger partial charge < -0.3 is 14.3 Å². The molecule has 0 unspecified atom stereocenters. The molecule has 0 spiro atoms. The maximum atomic E-state index is 12.5. The lowest BCUT2D eigenvalue weighted by atomic mass is 9.95. The number of hydrogen-bond acceptors (Lipinski definition) is 5. The van der Waals surface area contributed by atoms with Gasteiger partial charge in [0.05, 0.1) is 12.2 Å². The van der Waals surface area contributed by atoms with Crippen LogP contribution in [0.3, 0.4) is 0 Å². The zero-order chi connectivity index (χ0) is 18.5. The molecule has 0 saturated heterocycles. The van der Waals surface area contributed by atoms with Crippen LogP contribution < -0.4 is 16.0 Å². The number of amides is 2. The van der Waals surface area contributed by atoms with Crippen molar-refractivity contribution in [3.05, 3.63) is 83.8 Å². The van der Waals surface area contributed by atoms with Crippen molar-refractivity contribution >= 4 is 17.8 Å². The number of hydrazine groups is 1. The first-order valence-corrected chi connectivity index (χ1v) is 7.62. The summed E-state index contributed by atoms with van der Waals surface area (Å²) in [6.45, 7) is 0. The molecule has 0 saturated carbocycles. The van der Waals surface area contributed by atoms with Gasteiger partial charge >= 0.3 is 5.91 Å². The summed E-state index contributed by atoms with van der Waals surface area (Å²) >= 11 is 0. The van der Waals surface area contributed by atoms with E-state index in [1.165, 1.54) is 24.5 Å². The molecule has 2 amide bonds. The Hall–Kier alpha value is -3.87. The Labute approximate surface area is 148 Å². The van der Waals surface area contributed by atoms with Crippen LogP contribution in [0.4, 0.5) is 0 Å². The van der Waals surface area contributed by atoms with Gasteiger partial charge in [-0.1, -0.05) is 42.5 Å². The number of rotatable bonds is 4. The molecule has 130 valence electrons. The Morgan fingerprint density at radius 1 is 0.731 bits per heavy atom. The number of furan rings is 1. The van der Waals surface area contributed by atoms with E-state index >= 15 is 0 Å². The first-order chi connectivity index (χ1) is 12.6. The fraction of sp³-hybridized carbons (Fsp3) is 0. The first kappa shape index (κ1) is 17.0. The number of hydrogen-bond donors (Lipinski definition) is 2. The van der Waals surface area contributed by atoms with Crippen LogP contribution in [0.15, 0.2) is 71.3 Å². The van der Waals surface area contributed by atoms with Crippen molar-refractivity contribution in [2.24, 2.45) is 0 Å². The molecule has 3 rings (SSSR count). The van der Waals surface area contributed by atoms with Gasteiger partial charge in [-0.05, 0) is 29.3 Å². The Balaban J connectivity index is 1.87. The second kappa shape index (κ2) is 7.35. The van der Waals surface area contributed by atoms with Crippen molar-refractivity contribution in [1.29, 1.82) is 0 Å². The molecule has 0 radical (unpaired) electrons. The van der Waals surface area contributed by atoms with E-state index in [-0.39, 0.29) is 16.9 Å². The minimum absolute atomic E-state index is 0.0348. The predicted octanol–water partition coefficient (Wildman–Crippen LogP) is 1.38. The Morgan fingerprint density at radius 2 is 1.31 bits per heavy atom. The number of nitrogens with one attached hydrogen (secondary N) is 2. The third-order valence-corrected chi connectivity index (χ3v) is 3.64. The Kier molecular flexibility index (Phi) is 4.80. The zero-order valence-electron chi connectivity index (χ0n) is 13.4. The van der Waals surface area contributed by atoms with E-state index < -0.39 is 17.8 Å². The van der Waals surface area contributed by atoms with Gasteiger partial charge in [-0.15, -0.1) is 0 Å². The summed E-state index contributed by atoms with van der Waals surface area (Å²) in [5, 5.41) is 11.3. The van der Waals surface area contributed by atoms with E-state index in [4.69, 9.17) is 4.42 Å². The molecule has 0 fully saturated rings. The third kappa shape index (κ3) is 3.46. The minimum Gasteiger partial charge on any atom is -0.545 e. The first-order valence-electron chi connectivity index (χ1n) is 7.62. The van der Waals surface area contributed by atoms with E-state index in [0.717, 1.165) is 0 Å². The summed E-state index contributed by atoms with van der Waals surface area (Å²) < 4.78 is 4.93. The van der Waals surface area contributed by atoms with Crippen molar-refractivity contribution in [1.82, 2.24) is 10.9 Å². The average Bonchev–Trinajstić information content (AvgIpc) is 3.20. The Bertz CT molecular complexity index is 964. The second-order valence-corrected chi connectivity index (χ2v) is 5.26. The second-order valence-electron chi connectivity index (χ2n) is 5.26. The summed E-state index contributed by atoms with van der Waals surface area (Å²) in [6.07, 6.45) is 1.34. The van der Waals surface area contributed by atoms with Gasteiger partial charge in [-0.2, -0.15) is 0 Å². The number of carbonyl (C=O) groups is 3. The van der Waals surface area contributed by atoms with Crippen LogP contribution in [0.2, 0.25) is 0 Å². The highest BCUT2D eigenvalue weighted by atomic mass is 16.4. The predicted molar refractivity (Wildman–Crippen MR) is 89.8 cm³/mol. The molecule has 3 aromatic rings. The van der Waals surface area contributed by atoms with Crippen LogP contribution in [0, 0.1) is 0 Å². The maximum absolute atomic E-state index is 12.5. The van der Waals surface area contributed by atoms with Crippen molar-refractivity contribution in [2.45, 2.75) is 0 Å². The highest BCUT2D eigenvalue weighted by Gasteiger charge is 2.16. The quantitative estimate of drug-likeness (QED) is 0.691. The van der Waals surface area contributed by atoms with Gasteiger partial charge in [0.15, 0.2) is 5.76 Å². The fourth-order valence-electron chi connectivity index (χ4n) is 2.46. The van der Waals surface area contributed by atoms with Crippen molar-refractivity contribution in [3.8, 4) is 11.1 Å². The summed E-state index contributed by atoms with van der Waals surface area (Å²) in [4.78, 5) is 35.7. The molecule has 7 nitrogen and oxygen atoms in total. The Morgan fingerprint density at radius 3 is 1.92 bits per heavy atom. The summed E-state index contributed by atoms with van der Waals surface area (Å²) in [5.74, 6) is -2.52. The van der Waals surface area contributed by atoms with Crippen LogP contribution >= 0.6 is 0 Å². The standard InChI is InChI=1S/C19H14N2O5/c22-17(20-21-18(23)16-10-5-11-26-16)14-8-3-1-6-12(14)13-7-2-4-9-15(13)19(24)25/h1-11H,(H,20,22)(H,21,23)(H,24,25)/p-1. The molecule has 2 aromatic carbocycles. The van der Waals surface area contributed by atoms with E-state index in [1.807, 2.05) is 0 Å². The molecular formula is C19H13N2O5-. The number of carbonyl (C=O) groups excluding carboxylic acids is 3. The number of carboxylic acid groups (broad SMARTS) is 1. The molecule has 0 atom stereocenters. The lowest BCUT2D eigenvalue weighted by Gasteiger charge is -2.14. The van der Waals surface area contributed by atoms with Crippen LogP contribution in [0.1, 0.15) is 31.3 Å². The van der Waals surface area contributed by atoms with Gasteiger partial charge in [-0.25, -0.2) is 0 Å². The van der Waals surface area contributed by atoms with Gasteiger partial charge in [0.2, 0.25) is 0 Å². The topological polar surface area (TPSA) is 111 Å². The van der Waals surface area contributed by atoms with E-state index in [9.17, 15) is 19.5 Å². The number of aromatic carboxylic acids is 1. The average molecular weight is 349 g/mol. The van der Waals surface area contributed by atoms with Gasteiger partial charge in [0, 0.05) is 11.1 Å². The molecule has 7 heteroatoms. The molecule has 1 aromatic heterocycles. The van der Waals surface area contributed by atoms with Crippen molar-refractivity contribution < 1.29 is 23.9 Å². The fourth-order valence-corrected chi connectivity index (χ4v) is 2.46. The molecule has 1 heterocycles. The lowest BCUT2D eigenvalue weighted by Crippen LogP contribution is -2.41. The van der Waals surface area contributed by atoms with E-state index in [2.05, 4.69) is 10.9 Å². The molecule has 0 aliphatic rings. The minimum atomic E-state index is -1.35. The van der Waals surface area contributed by atoms with Crippen LogP contribution in [-0.4, -0.2) is 17.8 Å². The van der Waals surface area contributed by atoms with Crippen molar-refractivity contribution in [3.63, 3.8) is 0 Å². The summed E-state index contributed by atoms with van der Waals surface area (Å²) in [6, 6.07) is 15.7. The SMILES string of the molecule is O=C(NNC(=O)c1ccccc1-c1ccccc1C(=O)[O-])c1ccco1. The van der Waals surface area contributed by atoms with Crippen molar-refractivity contribution in [2.75, 3.05) is 0 Å². The van der Waals surface area contributed by atoms with Crippen LogP contribution in [0.25, 0.3) is 11.1 Å². The number of carboxylic acids is 1. The lowest BCUT2D eigenvalue weighted by molar-refractivity contribution is -0.254. The highest BCUT2D eigenvalue weighted by Crippen LogP contribution is 2.26. The number of benzene rings is 2. The summed E-state index contributed by atoms with van der Waals surface area (Å²) in [7, 11) is 0. The largest absolute Gasteiger partial charge is 0.545 e. The molecule has 0 aliphatic heterocycles. The molecule has 26 heavy (non-hydrogen) atoms. The van der Waals surface area contributed by atoms with Gasteiger partial charge in [-0.3, -0.25) is 20.4 Å². The third-order valence-electron chi connectivity index (χ3n) is 3.64. The molecular weight excluding hydrogens is 336 g/mol. The highest BCUT2D eigenvalue weighted by molar-refractivity contribution is 6.05. The monoisotopic (exact) mass is 349 g/mol. The van der Waals surface area contributed by atoms with E-state index in [0.29, 0.717) is 11.1 Å². The van der Waals surface area contributed by atoms with Crippen LogP contribution in [-0.2, 0) is 0 Å². The summed E-state index contributed by atoms with van der Waals surface area (Å²) in [5.41, 5.74) is 5.43. The van der Waals surface area contributed by atoms with E-state index in [1.54, 1.807) is 42.5 Å². The molecule has 2 N–H and O–H groups in total. The maximum Gasteiger partial charge on any atom is 0.305 e. The molecule has 0 aliphatic carbocycles. The smallest absolute Gasteiger partial charge is 0.305 e. The van der Waals surface area contributed by atoms with Crippen LogP contribution in [0.5, 0.6) is 0 Å². The van der Waals surface area contributed by atoms with Gasteiger partial charge in [0.1, 0.15) is 0 Å².